The Hall–Kier alpha value is -2.75. The Kier molecular flexibility index (Phi) is 7.42. The van der Waals surface area contributed by atoms with Crippen LogP contribution in [0.3, 0.4) is 0 Å². The van der Waals surface area contributed by atoms with E-state index in [1.807, 2.05) is 18.2 Å². The number of aromatic nitrogens is 2. The van der Waals surface area contributed by atoms with E-state index < -0.39 is 10.0 Å². The normalized spacial score (nSPS) is 15.7. The van der Waals surface area contributed by atoms with E-state index in [-0.39, 0.29) is 12.5 Å². The zero-order chi connectivity index (χ0) is 23.3. The first-order valence-corrected chi connectivity index (χ1v) is 12.9. The van der Waals surface area contributed by atoms with E-state index in [2.05, 4.69) is 15.3 Å². The molecule has 1 amide bonds. The van der Waals surface area contributed by atoms with Crippen LogP contribution >= 0.6 is 0 Å². The van der Waals surface area contributed by atoms with Crippen LogP contribution in [0.4, 0.5) is 0 Å². The van der Waals surface area contributed by atoms with Gasteiger partial charge in [-0.15, -0.1) is 0 Å². The van der Waals surface area contributed by atoms with Crippen molar-refractivity contribution in [3.63, 3.8) is 0 Å². The third kappa shape index (κ3) is 5.43. The van der Waals surface area contributed by atoms with Crippen LogP contribution in [0.2, 0.25) is 0 Å². The fourth-order valence-electron chi connectivity index (χ4n) is 4.45. The molecule has 1 saturated heterocycles. The summed E-state index contributed by atoms with van der Waals surface area (Å²) in [5, 5.41) is 3.88. The number of fused-ring (bicyclic) bond motifs is 1. The van der Waals surface area contributed by atoms with Gasteiger partial charge in [-0.1, -0.05) is 31.0 Å². The summed E-state index contributed by atoms with van der Waals surface area (Å²) in [5.74, 6) is 0.403. The van der Waals surface area contributed by atoms with Gasteiger partial charge in [0.25, 0.3) is 5.91 Å². The molecule has 4 N–H and O–H groups in total. The molecule has 0 aliphatic carbocycles. The number of hydrogen-bond acceptors (Lipinski definition) is 5. The number of piperidine rings is 1. The number of carbonyl (C=O) groups excluding carboxylic acids is 1. The summed E-state index contributed by atoms with van der Waals surface area (Å²) in [7, 11) is -3.50. The fraction of sp³-hybridized carbons (Fsp3) is 0.417. The molecule has 0 bridgehead atoms. The quantitative estimate of drug-likeness (QED) is 0.416. The second-order valence-corrected chi connectivity index (χ2v) is 10.5. The molecule has 4 rings (SSSR count). The lowest BCUT2D eigenvalue weighted by atomic mass is 9.92. The van der Waals surface area contributed by atoms with E-state index in [9.17, 15) is 13.2 Å². The van der Waals surface area contributed by atoms with Gasteiger partial charge < -0.3 is 16.0 Å². The molecule has 1 fully saturated rings. The lowest BCUT2D eigenvalue weighted by Crippen LogP contribution is -2.39. The summed E-state index contributed by atoms with van der Waals surface area (Å²) in [6.07, 6.45) is 8.09. The fourth-order valence-corrected chi connectivity index (χ4v) is 6.15. The molecule has 176 valence electrons. The highest BCUT2D eigenvalue weighted by atomic mass is 32.2. The monoisotopic (exact) mass is 469 g/mol. The number of nitrogens with two attached hydrogens (primary N) is 1. The number of unbranched alkanes of at least 4 members (excludes halogenated alkanes) is 1. The van der Waals surface area contributed by atoms with E-state index in [1.165, 1.54) is 0 Å². The molecule has 0 unspecified atom stereocenters. The maximum atomic E-state index is 13.0. The van der Waals surface area contributed by atoms with Gasteiger partial charge in [0, 0.05) is 49.5 Å². The summed E-state index contributed by atoms with van der Waals surface area (Å²) in [5.41, 5.74) is 7.83. The van der Waals surface area contributed by atoms with Gasteiger partial charge in [0.05, 0.1) is 4.90 Å². The number of carbonyl (C=O) groups is 1. The Morgan fingerprint density at radius 3 is 2.73 bits per heavy atom. The van der Waals surface area contributed by atoms with E-state index in [1.54, 1.807) is 34.9 Å². The minimum Gasteiger partial charge on any atom is -0.351 e. The second-order valence-electron chi connectivity index (χ2n) is 8.56. The van der Waals surface area contributed by atoms with Crippen molar-refractivity contribution < 1.29 is 13.2 Å². The smallest absolute Gasteiger partial charge is 0.267 e. The molecule has 9 heteroatoms. The third-order valence-electron chi connectivity index (χ3n) is 6.37. The molecule has 0 spiro atoms. The van der Waals surface area contributed by atoms with Crippen molar-refractivity contribution in [3.8, 4) is 0 Å². The van der Waals surface area contributed by atoms with Crippen molar-refractivity contribution in [2.24, 2.45) is 11.7 Å². The van der Waals surface area contributed by atoms with Crippen molar-refractivity contribution in [3.05, 3.63) is 60.0 Å². The van der Waals surface area contributed by atoms with Crippen LogP contribution in [0.15, 0.2) is 53.7 Å². The van der Waals surface area contributed by atoms with Crippen molar-refractivity contribution in [2.75, 3.05) is 19.6 Å². The number of nitrogens with one attached hydrogen (secondary N) is 2. The van der Waals surface area contributed by atoms with Crippen LogP contribution in [0.5, 0.6) is 0 Å². The number of pyridine rings is 1. The number of aromatic amines is 1. The van der Waals surface area contributed by atoms with E-state index in [0.717, 1.165) is 43.0 Å². The summed E-state index contributed by atoms with van der Waals surface area (Å²) < 4.78 is 27.7. The molecule has 3 heterocycles. The van der Waals surface area contributed by atoms with Gasteiger partial charge in [-0.3, -0.25) is 9.78 Å². The predicted molar refractivity (Wildman–Crippen MR) is 128 cm³/mol. The van der Waals surface area contributed by atoms with E-state index in [4.69, 9.17) is 5.73 Å². The van der Waals surface area contributed by atoms with Crippen molar-refractivity contribution in [1.82, 2.24) is 19.6 Å². The molecule has 33 heavy (non-hydrogen) atoms. The highest BCUT2D eigenvalue weighted by Gasteiger charge is 2.30. The number of hydrogen-bond donors (Lipinski definition) is 3. The molecular weight excluding hydrogens is 438 g/mol. The number of H-pyrrole nitrogens is 1. The van der Waals surface area contributed by atoms with Gasteiger partial charge >= 0.3 is 0 Å². The lowest BCUT2D eigenvalue weighted by Gasteiger charge is -2.31. The van der Waals surface area contributed by atoms with Crippen molar-refractivity contribution in [1.29, 1.82) is 0 Å². The maximum Gasteiger partial charge on any atom is 0.267 e. The molecule has 1 aliphatic heterocycles. The first-order valence-electron chi connectivity index (χ1n) is 11.5. The molecular formula is C24H31N5O3S. The zero-order valence-corrected chi connectivity index (χ0v) is 19.5. The first kappa shape index (κ1) is 23.4. The van der Waals surface area contributed by atoms with E-state index in [0.29, 0.717) is 41.7 Å². The first-order chi connectivity index (χ1) is 16.0. The lowest BCUT2D eigenvalue weighted by molar-refractivity contribution is 0.0948. The van der Waals surface area contributed by atoms with Gasteiger partial charge in [-0.25, -0.2) is 8.42 Å². The van der Waals surface area contributed by atoms with Crippen LogP contribution in [-0.4, -0.2) is 48.2 Å². The molecule has 0 saturated carbocycles. The predicted octanol–water partition coefficient (Wildman–Crippen LogP) is 3.02. The number of amides is 1. The van der Waals surface area contributed by atoms with Gasteiger partial charge in [0.2, 0.25) is 10.0 Å². The highest BCUT2D eigenvalue weighted by molar-refractivity contribution is 7.89. The largest absolute Gasteiger partial charge is 0.351 e. The number of benzene rings is 1. The molecule has 2 aromatic heterocycles. The van der Waals surface area contributed by atoms with Crippen LogP contribution in [0.1, 0.15) is 48.2 Å². The SMILES string of the molecule is NCc1ccccc1S(=O)(=O)N1CCC(CCCCNC(=O)c2cc3cnccc3[nH]2)CC1. The Morgan fingerprint density at radius 2 is 1.97 bits per heavy atom. The van der Waals surface area contributed by atoms with Gasteiger partial charge in [-0.05, 0) is 48.9 Å². The van der Waals surface area contributed by atoms with Crippen LogP contribution in [0.25, 0.3) is 10.9 Å². The Labute approximate surface area is 194 Å². The Morgan fingerprint density at radius 1 is 1.18 bits per heavy atom. The summed E-state index contributed by atoms with van der Waals surface area (Å²) in [4.78, 5) is 19.8. The molecule has 3 aromatic rings. The van der Waals surface area contributed by atoms with E-state index >= 15 is 0 Å². The summed E-state index contributed by atoms with van der Waals surface area (Å²) in [6.45, 7) is 1.91. The minimum absolute atomic E-state index is 0.109. The molecule has 1 aromatic carbocycles. The van der Waals surface area contributed by atoms with Crippen LogP contribution in [-0.2, 0) is 16.6 Å². The summed E-state index contributed by atoms with van der Waals surface area (Å²) >= 11 is 0. The molecule has 0 radical (unpaired) electrons. The molecule has 8 nitrogen and oxygen atoms in total. The van der Waals surface area contributed by atoms with Crippen molar-refractivity contribution >= 4 is 26.8 Å². The van der Waals surface area contributed by atoms with Crippen LogP contribution in [0, 0.1) is 5.92 Å². The molecule has 0 atom stereocenters. The van der Waals surface area contributed by atoms with Gasteiger partial charge in [0.15, 0.2) is 0 Å². The average Bonchev–Trinajstić information content (AvgIpc) is 3.28. The number of sulfonamides is 1. The van der Waals surface area contributed by atoms with Crippen molar-refractivity contribution in [2.45, 2.75) is 43.5 Å². The Balaban J connectivity index is 1.18. The number of rotatable bonds is 9. The number of nitrogens with zero attached hydrogens (tertiary/aromatic N) is 2. The van der Waals surface area contributed by atoms with Gasteiger partial charge in [-0.2, -0.15) is 4.31 Å². The average molecular weight is 470 g/mol. The third-order valence-corrected chi connectivity index (χ3v) is 8.37. The Bertz CT molecular complexity index is 1170. The topological polar surface area (TPSA) is 121 Å². The molecule has 1 aliphatic rings. The van der Waals surface area contributed by atoms with Gasteiger partial charge in [0.1, 0.15) is 5.69 Å². The zero-order valence-electron chi connectivity index (χ0n) is 18.7. The standard InChI is InChI=1S/C24H31N5O3S/c25-16-19-6-1-2-7-23(19)33(31,32)29-13-9-18(10-14-29)5-3-4-11-27-24(30)22-15-20-17-26-12-8-21(20)28-22/h1-2,6-8,12,15,17-18,28H,3-5,9-11,13-14,16,25H2,(H,27,30). The highest BCUT2D eigenvalue weighted by Crippen LogP contribution is 2.28. The second kappa shape index (κ2) is 10.5. The van der Waals surface area contributed by atoms with Crippen LogP contribution < -0.4 is 11.1 Å². The minimum atomic E-state index is -3.50. The maximum absolute atomic E-state index is 13.0. The summed E-state index contributed by atoms with van der Waals surface area (Å²) in [6, 6.07) is 10.6.